The first-order valence-electron chi connectivity index (χ1n) is 14.7. The number of aromatic nitrogens is 4. The first-order chi connectivity index (χ1) is 22.1. The van der Waals surface area contributed by atoms with Crippen LogP contribution in [0, 0.1) is 6.92 Å². The molecule has 3 aromatic carbocycles. The Kier molecular flexibility index (Phi) is 8.04. The Morgan fingerprint density at radius 1 is 0.522 bits per heavy atom. The Labute approximate surface area is 284 Å². The van der Waals surface area contributed by atoms with Crippen LogP contribution in [-0.2, 0) is 16.5 Å². The van der Waals surface area contributed by atoms with E-state index in [1.54, 1.807) is 0 Å². The summed E-state index contributed by atoms with van der Waals surface area (Å²) >= 11 is 3.82. The molecule has 0 radical (unpaired) electrons. The van der Waals surface area contributed by atoms with Crippen LogP contribution in [0.1, 0.15) is 28.3 Å². The SMILES string of the molecule is Cc1ccc(Oc2c3nc(c(-c4ccccc4)c4ccc([n-]4)c(Br)c4ccc([n-]4)c(-c4ccccc4)c4nc2C=C4)C=C3)cc1.[Ni+2]. The zero-order valence-electron chi connectivity index (χ0n) is 24.6. The maximum Gasteiger partial charge on any atom is 2.00 e. The van der Waals surface area contributed by atoms with Crippen molar-refractivity contribution in [2.45, 2.75) is 6.92 Å². The van der Waals surface area contributed by atoms with Crippen LogP contribution in [0.3, 0.4) is 0 Å². The Bertz CT molecular complexity index is 2170. The van der Waals surface area contributed by atoms with Gasteiger partial charge < -0.3 is 14.7 Å². The third kappa shape index (κ3) is 5.53. The van der Waals surface area contributed by atoms with Gasteiger partial charge in [0.2, 0.25) is 0 Å². The number of nitrogens with zero attached hydrogens (tertiary/aromatic N) is 4. The summed E-state index contributed by atoms with van der Waals surface area (Å²) in [6.07, 6.45) is 8.04. The van der Waals surface area contributed by atoms with E-state index in [-0.39, 0.29) is 16.5 Å². The predicted molar refractivity (Wildman–Crippen MR) is 187 cm³/mol. The van der Waals surface area contributed by atoms with Gasteiger partial charge in [0.15, 0.2) is 5.75 Å². The third-order valence-corrected chi connectivity index (χ3v) is 8.68. The zero-order valence-corrected chi connectivity index (χ0v) is 27.2. The van der Waals surface area contributed by atoms with Crippen molar-refractivity contribution in [3.05, 3.63) is 142 Å². The zero-order chi connectivity index (χ0) is 30.3. The molecule has 0 unspecified atom stereocenters. The van der Waals surface area contributed by atoms with Gasteiger partial charge in [0, 0.05) is 0 Å². The molecule has 5 nitrogen and oxygen atoms in total. The van der Waals surface area contributed by atoms with E-state index >= 15 is 0 Å². The molecule has 8 rings (SSSR count). The Morgan fingerprint density at radius 2 is 0.957 bits per heavy atom. The molecular weight excluding hydrogens is 679 g/mol. The molecule has 2 aliphatic rings. The van der Waals surface area contributed by atoms with Crippen LogP contribution in [0.5, 0.6) is 11.5 Å². The molecule has 0 amide bonds. The molecular formula is C39H25BrN4NiO. The summed E-state index contributed by atoms with van der Waals surface area (Å²) in [5, 5.41) is 0. The van der Waals surface area contributed by atoms with Gasteiger partial charge in [-0.25, -0.2) is 9.97 Å². The summed E-state index contributed by atoms with van der Waals surface area (Å²) in [5.41, 5.74) is 11.3. The molecule has 2 aliphatic heterocycles. The number of aryl methyl sites for hydroxylation is 1. The molecule has 0 N–H and O–H groups in total. The van der Waals surface area contributed by atoms with Crippen molar-refractivity contribution in [3.8, 4) is 33.8 Å². The van der Waals surface area contributed by atoms with Crippen molar-refractivity contribution in [2.75, 3.05) is 0 Å². The van der Waals surface area contributed by atoms with Crippen molar-refractivity contribution in [1.29, 1.82) is 0 Å². The number of rotatable bonds is 4. The van der Waals surface area contributed by atoms with Crippen LogP contribution in [0.25, 0.3) is 68.6 Å². The maximum absolute atomic E-state index is 6.60. The van der Waals surface area contributed by atoms with Gasteiger partial charge in [-0.05, 0) is 70.1 Å². The van der Waals surface area contributed by atoms with Crippen LogP contribution >= 0.6 is 15.9 Å². The Hall–Kier alpha value is -4.97. The van der Waals surface area contributed by atoms with Crippen molar-refractivity contribution >= 4 is 62.3 Å². The average molecular weight is 704 g/mol. The van der Waals surface area contributed by atoms with Gasteiger partial charge in [-0.2, -0.15) is 0 Å². The van der Waals surface area contributed by atoms with Crippen LogP contribution in [0.4, 0.5) is 0 Å². The summed E-state index contributed by atoms with van der Waals surface area (Å²) in [6, 6.07) is 36.6. The molecule has 0 spiro atoms. The van der Waals surface area contributed by atoms with Gasteiger partial charge >= 0.3 is 16.5 Å². The number of hydrogen-bond donors (Lipinski definition) is 0. The maximum atomic E-state index is 6.60. The van der Waals surface area contributed by atoms with Gasteiger partial charge in [0.25, 0.3) is 0 Å². The summed E-state index contributed by atoms with van der Waals surface area (Å²) in [6.45, 7) is 2.06. The molecule has 46 heavy (non-hydrogen) atoms. The van der Waals surface area contributed by atoms with Gasteiger partial charge in [-0.1, -0.05) is 119 Å². The van der Waals surface area contributed by atoms with Crippen LogP contribution in [0.15, 0.2) is 114 Å². The van der Waals surface area contributed by atoms with Crippen LogP contribution in [-0.4, -0.2) is 9.97 Å². The van der Waals surface area contributed by atoms with Crippen molar-refractivity contribution in [3.63, 3.8) is 0 Å². The van der Waals surface area contributed by atoms with Crippen molar-refractivity contribution in [1.82, 2.24) is 19.9 Å². The molecule has 8 bridgehead atoms. The topological polar surface area (TPSA) is 63.2 Å². The summed E-state index contributed by atoms with van der Waals surface area (Å²) < 4.78 is 7.42. The molecule has 0 aliphatic carbocycles. The molecule has 224 valence electrons. The first kappa shape index (κ1) is 29.7. The van der Waals surface area contributed by atoms with Gasteiger partial charge in [0.05, 0.1) is 11.4 Å². The van der Waals surface area contributed by atoms with Gasteiger partial charge in [-0.3, -0.25) is 0 Å². The fraction of sp³-hybridized carbons (Fsp3) is 0.0256. The molecule has 3 aromatic heterocycles. The van der Waals surface area contributed by atoms with Crippen LogP contribution in [0.2, 0.25) is 0 Å². The number of ether oxygens (including phenoxy) is 1. The van der Waals surface area contributed by atoms with Crippen molar-refractivity contribution in [2.24, 2.45) is 0 Å². The van der Waals surface area contributed by atoms with Gasteiger partial charge in [-0.15, -0.1) is 22.1 Å². The van der Waals surface area contributed by atoms with E-state index in [0.29, 0.717) is 22.9 Å². The van der Waals surface area contributed by atoms with E-state index in [1.807, 2.05) is 109 Å². The predicted octanol–water partition coefficient (Wildman–Crippen LogP) is 10.1. The molecule has 7 heteroatoms. The van der Waals surface area contributed by atoms with E-state index in [9.17, 15) is 0 Å². The minimum absolute atomic E-state index is 0. The van der Waals surface area contributed by atoms with Gasteiger partial charge in [0.1, 0.15) is 17.1 Å². The van der Waals surface area contributed by atoms with E-state index in [2.05, 4.69) is 47.1 Å². The second kappa shape index (κ2) is 12.4. The third-order valence-electron chi connectivity index (χ3n) is 7.87. The monoisotopic (exact) mass is 702 g/mol. The fourth-order valence-corrected chi connectivity index (χ4v) is 6.10. The van der Waals surface area contributed by atoms with Crippen LogP contribution < -0.4 is 14.7 Å². The first-order valence-corrected chi connectivity index (χ1v) is 15.5. The van der Waals surface area contributed by atoms with E-state index < -0.39 is 0 Å². The fourth-order valence-electron chi connectivity index (χ4n) is 5.66. The molecule has 0 fully saturated rings. The Morgan fingerprint density at radius 3 is 1.43 bits per heavy atom. The summed E-state index contributed by atoms with van der Waals surface area (Å²) in [4.78, 5) is 20.4. The standard InChI is InChI=1S/C39H25BrN4O.Ni/c1-24-12-14-27(15-13-24)45-39-34-22-18-30(43-34)36(25-8-4-2-5-9-25)28-16-20-32(41-28)38(40)33-21-17-29(42-33)37(26-10-6-3-7-11-26)31-19-23-35(39)44-31;/h2-23H,1H3;/q-2;+2. The Balaban J connectivity index is 0.00000338. The number of benzene rings is 3. The summed E-state index contributed by atoms with van der Waals surface area (Å²) in [5.74, 6) is 1.29. The van der Waals surface area contributed by atoms with Crippen molar-refractivity contribution < 1.29 is 21.2 Å². The van der Waals surface area contributed by atoms with E-state index in [0.717, 1.165) is 65.7 Å². The quantitative estimate of drug-likeness (QED) is 0.171. The molecule has 0 saturated carbocycles. The van der Waals surface area contributed by atoms with E-state index in [1.165, 1.54) is 0 Å². The molecule has 0 saturated heterocycles. The number of fused-ring (bicyclic) bond motifs is 8. The largest absolute Gasteiger partial charge is 2.00 e. The minimum Gasteiger partial charge on any atom is -0.656 e. The molecule has 0 atom stereocenters. The second-order valence-electron chi connectivity index (χ2n) is 10.9. The minimum atomic E-state index is 0. The molecule has 5 heterocycles. The average Bonchev–Trinajstić information content (AvgIpc) is 3.90. The molecule has 6 aromatic rings. The smallest absolute Gasteiger partial charge is 0.656 e. The number of halogens is 1. The normalized spacial score (nSPS) is 11.8. The second-order valence-corrected chi connectivity index (χ2v) is 11.7. The number of hydrogen-bond acceptors (Lipinski definition) is 3. The van der Waals surface area contributed by atoms with E-state index in [4.69, 9.17) is 24.7 Å². The summed E-state index contributed by atoms with van der Waals surface area (Å²) in [7, 11) is 0.